The van der Waals surface area contributed by atoms with Gasteiger partial charge in [0.05, 0.1) is 0 Å². The minimum Gasteiger partial charge on any atom is -0.399 e. The van der Waals surface area contributed by atoms with Gasteiger partial charge < -0.3 is 9.92 Å². The first-order chi connectivity index (χ1) is 7.43. The highest BCUT2D eigenvalue weighted by atomic mass is 32.2. The minimum atomic E-state index is -3.85. The normalized spacial score (nSPS) is 11.1. The van der Waals surface area contributed by atoms with Crippen molar-refractivity contribution in [2.24, 2.45) is 0 Å². The summed E-state index contributed by atoms with van der Waals surface area (Å²) in [4.78, 5) is 10.9. The van der Waals surface area contributed by atoms with Crippen molar-refractivity contribution in [1.29, 1.82) is 0 Å². The van der Waals surface area contributed by atoms with Crippen LogP contribution in [0.5, 0.6) is 0 Å². The fourth-order valence-electron chi connectivity index (χ4n) is 1.05. The van der Waals surface area contributed by atoms with Crippen LogP contribution in [0.4, 0.5) is 5.69 Å². The first-order valence-electron chi connectivity index (χ1n) is 4.72. The van der Waals surface area contributed by atoms with Crippen LogP contribution in [0.3, 0.4) is 0 Å². The van der Waals surface area contributed by atoms with E-state index in [0.717, 1.165) is 0 Å². The summed E-state index contributed by atoms with van der Waals surface area (Å²) in [7, 11) is -3.85. The van der Waals surface area contributed by atoms with Crippen molar-refractivity contribution >= 4 is 21.8 Å². The molecule has 0 saturated carbocycles. The third-order valence-electron chi connectivity index (χ3n) is 1.83. The van der Waals surface area contributed by atoms with Gasteiger partial charge in [0.15, 0.2) is 0 Å². The Kier molecular flexibility index (Phi) is 3.89. The molecule has 0 aliphatic heterocycles. The molecule has 0 amide bonds. The van der Waals surface area contributed by atoms with Gasteiger partial charge in [0.1, 0.15) is 5.75 Å². The summed E-state index contributed by atoms with van der Waals surface area (Å²) in [5.74, 6) is -1.09. The van der Waals surface area contributed by atoms with Gasteiger partial charge >= 0.3 is 16.1 Å². The number of benzene rings is 1. The Balaban J connectivity index is 2.73. The quantitative estimate of drug-likeness (QED) is 0.631. The molecule has 88 valence electrons. The molecule has 0 saturated heterocycles. The molecule has 1 rings (SSSR count). The largest absolute Gasteiger partial charge is 0.399 e. The molecule has 5 nitrogen and oxygen atoms in total. The topological polar surface area (TPSA) is 86.5 Å². The molecule has 0 fully saturated rings. The lowest BCUT2D eigenvalue weighted by Crippen LogP contribution is -2.14. The zero-order valence-electron chi connectivity index (χ0n) is 8.84. The van der Waals surface area contributed by atoms with Crippen LogP contribution in [0, 0.1) is 0 Å². The number of carbonyl (C=O) groups excluding carboxylic acids is 1. The van der Waals surface area contributed by atoms with Crippen molar-refractivity contribution in [1.82, 2.24) is 0 Å². The maximum absolute atomic E-state index is 11.4. The Morgan fingerprint density at radius 1 is 1.31 bits per heavy atom. The number of hydrogen-bond acceptors (Lipinski definition) is 5. The van der Waals surface area contributed by atoms with Crippen LogP contribution < -0.4 is 5.73 Å². The Morgan fingerprint density at radius 3 is 2.38 bits per heavy atom. The summed E-state index contributed by atoms with van der Waals surface area (Å²) in [6.07, 6.45) is 0.0287. The third kappa shape index (κ3) is 3.90. The Labute approximate surface area is 94.3 Å². The second-order valence-corrected chi connectivity index (χ2v) is 4.82. The van der Waals surface area contributed by atoms with E-state index in [1.54, 1.807) is 24.3 Å². The van der Waals surface area contributed by atoms with Crippen LogP contribution in [0.15, 0.2) is 24.3 Å². The van der Waals surface area contributed by atoms with E-state index in [4.69, 9.17) is 5.73 Å². The molecule has 0 aliphatic rings. The monoisotopic (exact) mass is 243 g/mol. The molecule has 0 spiro atoms. The van der Waals surface area contributed by atoms with Gasteiger partial charge in [0, 0.05) is 12.1 Å². The van der Waals surface area contributed by atoms with Crippen LogP contribution in [-0.4, -0.2) is 14.4 Å². The first kappa shape index (κ1) is 12.5. The van der Waals surface area contributed by atoms with Crippen molar-refractivity contribution < 1.29 is 17.4 Å². The van der Waals surface area contributed by atoms with E-state index in [1.165, 1.54) is 6.92 Å². The zero-order chi connectivity index (χ0) is 12.2. The zero-order valence-corrected chi connectivity index (χ0v) is 9.66. The molecule has 6 heteroatoms. The SMILES string of the molecule is CCC(=O)OS(=O)(=O)Cc1ccc(N)cc1. The molecule has 0 aromatic heterocycles. The third-order valence-corrected chi connectivity index (χ3v) is 2.96. The van der Waals surface area contributed by atoms with Crippen LogP contribution >= 0.6 is 0 Å². The van der Waals surface area contributed by atoms with Gasteiger partial charge in [-0.05, 0) is 17.7 Å². The standard InChI is InChI=1S/C10H13NO4S/c1-2-10(12)15-16(13,14)7-8-3-5-9(11)6-4-8/h3-6H,2,7,11H2,1H3. The summed E-state index contributed by atoms with van der Waals surface area (Å²) in [6, 6.07) is 6.33. The molecule has 1 aromatic rings. The van der Waals surface area contributed by atoms with Crippen molar-refractivity contribution in [3.63, 3.8) is 0 Å². The second-order valence-electron chi connectivity index (χ2n) is 3.25. The smallest absolute Gasteiger partial charge is 0.321 e. The maximum Gasteiger partial charge on any atom is 0.321 e. The van der Waals surface area contributed by atoms with Crippen molar-refractivity contribution in [2.75, 3.05) is 5.73 Å². The highest BCUT2D eigenvalue weighted by molar-refractivity contribution is 7.86. The van der Waals surface area contributed by atoms with Gasteiger partial charge in [0.2, 0.25) is 0 Å². The predicted molar refractivity (Wildman–Crippen MR) is 59.9 cm³/mol. The number of nitrogens with two attached hydrogens (primary N) is 1. The molecule has 0 atom stereocenters. The summed E-state index contributed by atoms with van der Waals surface area (Å²) in [5, 5.41) is 0. The lowest BCUT2D eigenvalue weighted by atomic mass is 10.2. The highest BCUT2D eigenvalue weighted by Gasteiger charge is 2.16. The number of anilines is 1. The van der Waals surface area contributed by atoms with Crippen LogP contribution in [-0.2, 0) is 24.8 Å². The van der Waals surface area contributed by atoms with E-state index in [-0.39, 0.29) is 12.2 Å². The predicted octanol–water partition coefficient (Wildman–Crippen LogP) is 1.05. The molecule has 0 heterocycles. The van der Waals surface area contributed by atoms with Crippen molar-refractivity contribution in [3.8, 4) is 0 Å². The summed E-state index contributed by atoms with van der Waals surface area (Å²) >= 11 is 0. The van der Waals surface area contributed by atoms with E-state index in [9.17, 15) is 13.2 Å². The summed E-state index contributed by atoms with van der Waals surface area (Å²) < 4.78 is 27.1. The Bertz CT molecular complexity index is 464. The van der Waals surface area contributed by atoms with Gasteiger partial charge in [-0.25, -0.2) is 0 Å². The van der Waals surface area contributed by atoms with Crippen LogP contribution in [0.25, 0.3) is 0 Å². The molecule has 2 N–H and O–H groups in total. The molecule has 0 radical (unpaired) electrons. The number of nitrogen functional groups attached to an aromatic ring is 1. The average molecular weight is 243 g/mol. The molecular formula is C10H13NO4S. The van der Waals surface area contributed by atoms with Crippen molar-refractivity contribution in [2.45, 2.75) is 19.1 Å². The highest BCUT2D eigenvalue weighted by Crippen LogP contribution is 2.11. The lowest BCUT2D eigenvalue weighted by Gasteiger charge is -2.04. The van der Waals surface area contributed by atoms with Gasteiger partial charge in [0.25, 0.3) is 0 Å². The fourth-order valence-corrected chi connectivity index (χ4v) is 2.11. The summed E-state index contributed by atoms with van der Waals surface area (Å²) in [6.45, 7) is 1.53. The molecule has 0 bridgehead atoms. The first-order valence-corrected chi connectivity index (χ1v) is 6.30. The number of rotatable bonds is 4. The number of hydrogen-bond donors (Lipinski definition) is 1. The Hall–Kier alpha value is -1.56. The van der Waals surface area contributed by atoms with E-state index in [0.29, 0.717) is 11.3 Å². The van der Waals surface area contributed by atoms with Crippen LogP contribution in [0.2, 0.25) is 0 Å². The minimum absolute atomic E-state index is 0.0287. The van der Waals surface area contributed by atoms with E-state index in [1.807, 2.05) is 0 Å². The average Bonchev–Trinajstić information content (AvgIpc) is 2.20. The van der Waals surface area contributed by atoms with Gasteiger partial charge in [-0.15, -0.1) is 0 Å². The molecular weight excluding hydrogens is 230 g/mol. The van der Waals surface area contributed by atoms with Crippen molar-refractivity contribution in [3.05, 3.63) is 29.8 Å². The van der Waals surface area contributed by atoms with E-state index >= 15 is 0 Å². The Morgan fingerprint density at radius 2 is 1.88 bits per heavy atom. The lowest BCUT2D eigenvalue weighted by molar-refractivity contribution is -0.133. The van der Waals surface area contributed by atoms with Gasteiger partial charge in [-0.1, -0.05) is 19.1 Å². The number of carbonyl (C=O) groups is 1. The molecule has 0 unspecified atom stereocenters. The van der Waals surface area contributed by atoms with E-state index < -0.39 is 16.1 Å². The van der Waals surface area contributed by atoms with Crippen LogP contribution in [0.1, 0.15) is 18.9 Å². The maximum atomic E-state index is 11.4. The fraction of sp³-hybridized carbons (Fsp3) is 0.300. The molecule has 1 aromatic carbocycles. The van der Waals surface area contributed by atoms with Gasteiger partial charge in [-0.2, -0.15) is 8.42 Å². The molecule has 16 heavy (non-hydrogen) atoms. The van der Waals surface area contributed by atoms with E-state index in [2.05, 4.69) is 4.18 Å². The van der Waals surface area contributed by atoms with Gasteiger partial charge in [-0.3, -0.25) is 4.79 Å². The summed E-state index contributed by atoms with van der Waals surface area (Å²) in [5.41, 5.74) is 6.53. The molecule has 0 aliphatic carbocycles. The second kappa shape index (κ2) is 4.98.